The Hall–Kier alpha value is -2.11. The van der Waals surface area contributed by atoms with Crippen LogP contribution in [0.1, 0.15) is 26.3 Å². The van der Waals surface area contributed by atoms with E-state index in [4.69, 9.17) is 32.7 Å². The van der Waals surface area contributed by atoms with E-state index in [1.54, 1.807) is 42.3 Å². The Bertz CT molecular complexity index is 797. The molecule has 0 heterocycles. The van der Waals surface area contributed by atoms with E-state index in [0.717, 1.165) is 5.56 Å². The van der Waals surface area contributed by atoms with Gasteiger partial charge in [-0.3, -0.25) is 0 Å². The molecule has 0 spiro atoms. The maximum atomic E-state index is 12.8. The molecule has 2 rings (SSSR count). The van der Waals surface area contributed by atoms with Gasteiger partial charge in [0.2, 0.25) is 0 Å². The number of amides is 2. The highest BCUT2D eigenvalue weighted by atomic mass is 35.5. The van der Waals surface area contributed by atoms with Gasteiger partial charge in [-0.15, -0.1) is 0 Å². The molecule has 0 aliphatic heterocycles. The lowest BCUT2D eigenvalue weighted by Gasteiger charge is -2.27. The molecule has 0 unspecified atom stereocenters. The number of nitrogens with zero attached hydrogens (tertiary/aromatic N) is 1. The van der Waals surface area contributed by atoms with Crippen molar-refractivity contribution >= 4 is 34.9 Å². The Morgan fingerprint density at radius 3 is 2.44 bits per heavy atom. The van der Waals surface area contributed by atoms with Gasteiger partial charge in [-0.2, -0.15) is 0 Å². The number of carbonyl (C=O) groups is 1. The molecule has 2 amide bonds. The molecule has 2 aromatic rings. The molecule has 0 aliphatic rings. The average molecular weight is 411 g/mol. The van der Waals surface area contributed by atoms with Crippen LogP contribution in [0.5, 0.6) is 11.5 Å². The summed E-state index contributed by atoms with van der Waals surface area (Å²) in [5.74, 6) is 1.20. The fourth-order valence-electron chi connectivity index (χ4n) is 2.54. The summed E-state index contributed by atoms with van der Waals surface area (Å²) in [4.78, 5) is 14.5. The highest BCUT2D eigenvalue weighted by Gasteiger charge is 2.18. The molecule has 0 saturated heterocycles. The Kier molecular flexibility index (Phi) is 7.63. The molecule has 146 valence electrons. The Labute approximate surface area is 170 Å². The first-order chi connectivity index (χ1) is 12.8. The van der Waals surface area contributed by atoms with Crippen molar-refractivity contribution in [3.63, 3.8) is 0 Å². The van der Waals surface area contributed by atoms with Gasteiger partial charge >= 0.3 is 6.03 Å². The van der Waals surface area contributed by atoms with Crippen molar-refractivity contribution in [2.24, 2.45) is 0 Å². The van der Waals surface area contributed by atoms with E-state index in [2.05, 4.69) is 5.32 Å². The number of nitrogens with one attached hydrogen (secondary N) is 1. The number of ether oxygens (including phenoxy) is 2. The lowest BCUT2D eigenvalue weighted by molar-refractivity contribution is 0.193. The number of hydrogen-bond donors (Lipinski definition) is 1. The van der Waals surface area contributed by atoms with Gasteiger partial charge in [-0.1, -0.05) is 29.3 Å². The van der Waals surface area contributed by atoms with Gasteiger partial charge in [-0.05, 0) is 50.6 Å². The standard InChI is InChI=1S/C20H24Cl2N2O3/c1-5-27-19-11-15(7-9-18(19)26-4)23-20(25)24(13(2)3)12-14-6-8-16(21)17(22)10-14/h6-11,13H,5,12H2,1-4H3,(H,23,25). The van der Waals surface area contributed by atoms with Crippen LogP contribution in [0.15, 0.2) is 36.4 Å². The van der Waals surface area contributed by atoms with Crippen LogP contribution >= 0.6 is 23.2 Å². The van der Waals surface area contributed by atoms with Crippen LogP contribution in [0.25, 0.3) is 0 Å². The quantitative estimate of drug-likeness (QED) is 0.623. The molecule has 1 N–H and O–H groups in total. The first-order valence-electron chi connectivity index (χ1n) is 8.68. The molecular formula is C20H24Cl2N2O3. The zero-order chi connectivity index (χ0) is 20.0. The van der Waals surface area contributed by atoms with Gasteiger partial charge in [0, 0.05) is 24.3 Å². The summed E-state index contributed by atoms with van der Waals surface area (Å²) in [5.41, 5.74) is 1.53. The van der Waals surface area contributed by atoms with Gasteiger partial charge in [0.05, 0.1) is 23.8 Å². The smallest absolute Gasteiger partial charge is 0.322 e. The molecule has 5 nitrogen and oxygen atoms in total. The fourth-order valence-corrected chi connectivity index (χ4v) is 2.86. The Balaban J connectivity index is 2.17. The number of halogens is 2. The Morgan fingerprint density at radius 2 is 1.85 bits per heavy atom. The SMILES string of the molecule is CCOc1cc(NC(=O)N(Cc2ccc(Cl)c(Cl)c2)C(C)C)ccc1OC. The van der Waals surface area contributed by atoms with E-state index in [0.29, 0.717) is 40.4 Å². The van der Waals surface area contributed by atoms with Gasteiger partial charge in [0.15, 0.2) is 11.5 Å². The van der Waals surface area contributed by atoms with E-state index in [1.807, 2.05) is 26.8 Å². The monoisotopic (exact) mass is 410 g/mol. The number of carbonyl (C=O) groups excluding carboxylic acids is 1. The largest absolute Gasteiger partial charge is 0.493 e. The third-order valence-electron chi connectivity index (χ3n) is 3.94. The summed E-state index contributed by atoms with van der Waals surface area (Å²) in [5, 5.41) is 3.87. The number of hydrogen-bond acceptors (Lipinski definition) is 3. The summed E-state index contributed by atoms with van der Waals surface area (Å²) >= 11 is 12.1. The number of benzene rings is 2. The fraction of sp³-hybridized carbons (Fsp3) is 0.350. The summed E-state index contributed by atoms with van der Waals surface area (Å²) in [6.07, 6.45) is 0. The Morgan fingerprint density at radius 1 is 1.11 bits per heavy atom. The molecule has 0 aromatic heterocycles. The lowest BCUT2D eigenvalue weighted by Crippen LogP contribution is -2.39. The van der Waals surface area contributed by atoms with E-state index in [-0.39, 0.29) is 12.1 Å². The third kappa shape index (κ3) is 5.68. The van der Waals surface area contributed by atoms with Crippen LogP contribution < -0.4 is 14.8 Å². The lowest BCUT2D eigenvalue weighted by atomic mass is 10.2. The molecule has 0 bridgehead atoms. The highest BCUT2D eigenvalue weighted by molar-refractivity contribution is 6.42. The summed E-state index contributed by atoms with van der Waals surface area (Å²) in [7, 11) is 1.58. The van der Waals surface area contributed by atoms with Crippen molar-refractivity contribution in [2.45, 2.75) is 33.4 Å². The summed E-state index contributed by atoms with van der Waals surface area (Å²) in [6.45, 7) is 6.72. The molecular weight excluding hydrogens is 387 g/mol. The van der Waals surface area contributed by atoms with Crippen LogP contribution in [-0.4, -0.2) is 30.7 Å². The second-order valence-electron chi connectivity index (χ2n) is 6.20. The van der Waals surface area contributed by atoms with Crippen LogP contribution in [0, 0.1) is 0 Å². The first-order valence-corrected chi connectivity index (χ1v) is 9.43. The van der Waals surface area contributed by atoms with Crippen molar-refractivity contribution in [1.82, 2.24) is 4.90 Å². The summed E-state index contributed by atoms with van der Waals surface area (Å²) < 4.78 is 10.8. The third-order valence-corrected chi connectivity index (χ3v) is 4.67. The van der Waals surface area contributed by atoms with E-state index in [1.165, 1.54) is 0 Å². The van der Waals surface area contributed by atoms with Crippen molar-refractivity contribution in [2.75, 3.05) is 19.0 Å². The molecule has 27 heavy (non-hydrogen) atoms. The molecule has 7 heteroatoms. The highest BCUT2D eigenvalue weighted by Crippen LogP contribution is 2.30. The van der Waals surface area contributed by atoms with Gasteiger partial charge in [-0.25, -0.2) is 4.79 Å². The molecule has 0 atom stereocenters. The van der Waals surface area contributed by atoms with Crippen molar-refractivity contribution in [3.8, 4) is 11.5 Å². The molecule has 0 fully saturated rings. The summed E-state index contributed by atoms with van der Waals surface area (Å²) in [6, 6.07) is 10.4. The minimum atomic E-state index is -0.219. The van der Waals surface area contributed by atoms with Gasteiger partial charge in [0.1, 0.15) is 0 Å². The van der Waals surface area contributed by atoms with Crippen LogP contribution in [0.2, 0.25) is 10.0 Å². The van der Waals surface area contributed by atoms with Crippen molar-refractivity contribution in [3.05, 3.63) is 52.0 Å². The molecule has 0 aliphatic carbocycles. The van der Waals surface area contributed by atoms with Crippen LogP contribution in [-0.2, 0) is 6.54 Å². The predicted molar refractivity (Wildman–Crippen MR) is 110 cm³/mol. The zero-order valence-electron chi connectivity index (χ0n) is 15.9. The number of rotatable bonds is 7. The number of methoxy groups -OCH3 is 1. The molecule has 0 saturated carbocycles. The number of anilines is 1. The van der Waals surface area contributed by atoms with Gasteiger partial charge < -0.3 is 19.7 Å². The maximum Gasteiger partial charge on any atom is 0.322 e. The zero-order valence-corrected chi connectivity index (χ0v) is 17.4. The van der Waals surface area contributed by atoms with E-state index < -0.39 is 0 Å². The normalized spacial score (nSPS) is 10.6. The van der Waals surface area contributed by atoms with Crippen molar-refractivity contribution < 1.29 is 14.3 Å². The minimum Gasteiger partial charge on any atom is -0.493 e. The number of urea groups is 1. The average Bonchev–Trinajstić information content (AvgIpc) is 2.62. The second-order valence-corrected chi connectivity index (χ2v) is 7.01. The first kappa shape index (κ1) is 21.2. The second kappa shape index (κ2) is 9.72. The van der Waals surface area contributed by atoms with Crippen LogP contribution in [0.3, 0.4) is 0 Å². The topological polar surface area (TPSA) is 50.8 Å². The predicted octanol–water partition coefficient (Wildman–Crippen LogP) is 5.84. The van der Waals surface area contributed by atoms with E-state index >= 15 is 0 Å². The van der Waals surface area contributed by atoms with Crippen LogP contribution in [0.4, 0.5) is 10.5 Å². The van der Waals surface area contributed by atoms with Gasteiger partial charge in [0.25, 0.3) is 0 Å². The maximum absolute atomic E-state index is 12.8. The van der Waals surface area contributed by atoms with Crippen molar-refractivity contribution in [1.29, 1.82) is 0 Å². The molecule has 2 aromatic carbocycles. The molecule has 0 radical (unpaired) electrons. The minimum absolute atomic E-state index is 0.0101. The van der Waals surface area contributed by atoms with E-state index in [9.17, 15) is 4.79 Å².